The lowest BCUT2D eigenvalue weighted by Gasteiger charge is -2.06. The van der Waals surface area contributed by atoms with Gasteiger partial charge in [-0.2, -0.15) is 10.2 Å². The van der Waals surface area contributed by atoms with Crippen molar-refractivity contribution in [3.63, 3.8) is 0 Å². The summed E-state index contributed by atoms with van der Waals surface area (Å²) in [6.07, 6.45) is 5.41. The summed E-state index contributed by atoms with van der Waals surface area (Å²) in [5.74, 6) is -1.13. The van der Waals surface area contributed by atoms with Crippen LogP contribution in [-0.4, -0.2) is 28.8 Å². The maximum Gasteiger partial charge on any atom is 0.335 e. The number of rotatable bonds is 13. The van der Waals surface area contributed by atoms with Gasteiger partial charge in [0.05, 0.1) is 23.5 Å². The van der Waals surface area contributed by atoms with E-state index in [0.29, 0.717) is 24.4 Å². The first-order valence-corrected chi connectivity index (χ1v) is 9.85. The van der Waals surface area contributed by atoms with Crippen molar-refractivity contribution in [1.82, 2.24) is 0 Å². The van der Waals surface area contributed by atoms with Crippen molar-refractivity contribution in [2.24, 2.45) is 10.2 Å². The van der Waals surface area contributed by atoms with Gasteiger partial charge in [0.1, 0.15) is 5.75 Å². The molecule has 0 aliphatic heterocycles. The van der Waals surface area contributed by atoms with E-state index in [-0.39, 0.29) is 11.1 Å². The highest BCUT2D eigenvalue weighted by atomic mass is 16.5. The first-order valence-electron chi connectivity index (χ1n) is 9.85. The number of hydrogen-bond acceptors (Lipinski definition) is 5. The number of ether oxygens (including phenoxy) is 1. The number of aliphatic carboxylic acids is 1. The molecule has 0 amide bonds. The van der Waals surface area contributed by atoms with Crippen LogP contribution in [0.25, 0.3) is 0 Å². The molecule has 0 saturated carbocycles. The van der Waals surface area contributed by atoms with Crippen LogP contribution < -0.4 is 4.74 Å². The second-order valence-corrected chi connectivity index (χ2v) is 6.82. The number of azo groups is 1. The lowest BCUT2D eigenvalue weighted by Crippen LogP contribution is -1.99. The van der Waals surface area contributed by atoms with Gasteiger partial charge in [-0.1, -0.05) is 25.8 Å². The number of carboxylic acid groups (broad SMARTS) is 2. The average molecular weight is 410 g/mol. The Kier molecular flexibility index (Phi) is 9.24. The summed E-state index contributed by atoms with van der Waals surface area (Å²) in [7, 11) is 0. The highest BCUT2D eigenvalue weighted by Crippen LogP contribution is 2.22. The number of nitrogens with zero attached hydrogens (tertiary/aromatic N) is 2. The fourth-order valence-corrected chi connectivity index (χ4v) is 2.66. The van der Waals surface area contributed by atoms with Gasteiger partial charge in [-0.3, -0.25) is 0 Å². The second-order valence-electron chi connectivity index (χ2n) is 6.82. The zero-order valence-corrected chi connectivity index (χ0v) is 16.8. The molecular weight excluding hydrogens is 384 g/mol. The van der Waals surface area contributed by atoms with Crippen molar-refractivity contribution in [3.05, 3.63) is 66.2 Å². The first kappa shape index (κ1) is 22.8. The smallest absolute Gasteiger partial charge is 0.335 e. The number of aromatic carboxylic acids is 1. The van der Waals surface area contributed by atoms with E-state index in [9.17, 15) is 9.59 Å². The molecule has 0 aliphatic carbocycles. The molecule has 0 aromatic heterocycles. The molecule has 0 heterocycles. The number of carboxylic acids is 2. The molecule has 0 saturated heterocycles. The zero-order chi connectivity index (χ0) is 21.8. The Morgan fingerprint density at radius 2 is 1.33 bits per heavy atom. The lowest BCUT2D eigenvalue weighted by molar-refractivity contribution is -0.132. The minimum absolute atomic E-state index is 0.208. The third-order valence-electron chi connectivity index (χ3n) is 4.43. The Hall–Kier alpha value is -3.48. The van der Waals surface area contributed by atoms with Crippen LogP contribution in [0.2, 0.25) is 0 Å². The molecule has 2 aromatic carbocycles. The van der Waals surface area contributed by atoms with Gasteiger partial charge in [-0.05, 0) is 67.8 Å². The standard InChI is InChI=1S/C23H26N2O5/c1-17(22(26)27)7-5-3-2-4-6-16-30-21-14-12-20(13-15-21)25-24-19-10-8-18(9-11-19)23(28)29/h8-15H,1-7,16H2,(H,26,27)(H,28,29). The van der Waals surface area contributed by atoms with Gasteiger partial charge in [0.2, 0.25) is 0 Å². The molecule has 0 spiro atoms. The predicted molar refractivity (Wildman–Crippen MR) is 114 cm³/mol. The average Bonchev–Trinajstić information content (AvgIpc) is 2.75. The Labute approximate surface area is 175 Å². The van der Waals surface area contributed by atoms with E-state index in [1.54, 1.807) is 24.3 Å². The van der Waals surface area contributed by atoms with Crippen molar-refractivity contribution < 1.29 is 24.5 Å². The molecule has 0 radical (unpaired) electrons. The van der Waals surface area contributed by atoms with Crippen LogP contribution in [0, 0.1) is 0 Å². The summed E-state index contributed by atoms with van der Waals surface area (Å²) < 4.78 is 5.72. The second kappa shape index (κ2) is 12.2. The minimum atomic E-state index is -0.976. The third kappa shape index (κ3) is 8.26. The molecule has 7 nitrogen and oxygen atoms in total. The number of hydrogen-bond donors (Lipinski definition) is 2. The van der Waals surface area contributed by atoms with Gasteiger partial charge in [0, 0.05) is 5.57 Å². The predicted octanol–water partition coefficient (Wildman–Crippen LogP) is 6.16. The van der Waals surface area contributed by atoms with Gasteiger partial charge in [-0.15, -0.1) is 0 Å². The van der Waals surface area contributed by atoms with E-state index in [2.05, 4.69) is 16.8 Å². The van der Waals surface area contributed by atoms with Crippen LogP contribution >= 0.6 is 0 Å². The summed E-state index contributed by atoms with van der Waals surface area (Å²) in [6, 6.07) is 13.5. The van der Waals surface area contributed by atoms with E-state index >= 15 is 0 Å². The van der Waals surface area contributed by atoms with Crippen LogP contribution in [0.15, 0.2) is 70.9 Å². The lowest BCUT2D eigenvalue weighted by atomic mass is 10.1. The molecule has 0 unspecified atom stereocenters. The summed E-state index contributed by atoms with van der Waals surface area (Å²) in [4.78, 5) is 21.5. The molecule has 0 atom stereocenters. The van der Waals surface area contributed by atoms with Crippen molar-refractivity contribution in [2.75, 3.05) is 6.61 Å². The van der Waals surface area contributed by atoms with Crippen LogP contribution in [0.3, 0.4) is 0 Å². The maximum atomic E-state index is 10.8. The monoisotopic (exact) mass is 410 g/mol. The highest BCUT2D eigenvalue weighted by Gasteiger charge is 2.03. The van der Waals surface area contributed by atoms with Gasteiger partial charge >= 0.3 is 11.9 Å². The van der Waals surface area contributed by atoms with E-state index in [1.165, 1.54) is 12.1 Å². The highest BCUT2D eigenvalue weighted by molar-refractivity contribution is 5.87. The molecule has 0 aliphatic rings. The van der Waals surface area contributed by atoms with Crippen molar-refractivity contribution in [3.8, 4) is 5.75 Å². The maximum absolute atomic E-state index is 10.8. The molecule has 158 valence electrons. The molecule has 2 aromatic rings. The van der Waals surface area contributed by atoms with Gasteiger partial charge in [-0.25, -0.2) is 9.59 Å². The number of benzene rings is 2. The molecule has 7 heteroatoms. The quantitative estimate of drug-likeness (QED) is 0.233. The Bertz CT molecular complexity index is 873. The van der Waals surface area contributed by atoms with Gasteiger partial charge < -0.3 is 14.9 Å². The third-order valence-corrected chi connectivity index (χ3v) is 4.43. The molecule has 0 bridgehead atoms. The Morgan fingerprint density at radius 1 is 0.800 bits per heavy atom. The van der Waals surface area contributed by atoms with Gasteiger partial charge in [0.25, 0.3) is 0 Å². The SMILES string of the molecule is C=C(CCCCCCCOc1ccc(N=Nc2ccc(C(=O)O)cc2)cc1)C(=O)O. The summed E-state index contributed by atoms with van der Waals surface area (Å²) in [6.45, 7) is 4.15. The largest absolute Gasteiger partial charge is 0.494 e. The summed E-state index contributed by atoms with van der Waals surface area (Å²) >= 11 is 0. The van der Waals surface area contributed by atoms with Crippen molar-refractivity contribution >= 4 is 23.3 Å². The van der Waals surface area contributed by atoms with Crippen LogP contribution in [0.4, 0.5) is 11.4 Å². The fraction of sp³-hybridized carbons (Fsp3) is 0.304. The number of carbonyl (C=O) groups is 2. The Balaban J connectivity index is 1.64. The van der Waals surface area contributed by atoms with Crippen LogP contribution in [-0.2, 0) is 4.79 Å². The molecular formula is C23H26N2O5. The van der Waals surface area contributed by atoms with E-state index < -0.39 is 11.9 Å². The normalized spacial score (nSPS) is 10.8. The zero-order valence-electron chi connectivity index (χ0n) is 16.8. The van der Waals surface area contributed by atoms with E-state index in [4.69, 9.17) is 14.9 Å². The molecule has 2 rings (SSSR count). The number of unbranched alkanes of at least 4 members (excludes halogenated alkanes) is 4. The summed E-state index contributed by atoms with van der Waals surface area (Å²) in [5.41, 5.74) is 1.73. The van der Waals surface area contributed by atoms with Gasteiger partial charge in [0.15, 0.2) is 0 Å². The summed E-state index contributed by atoms with van der Waals surface area (Å²) in [5, 5.41) is 25.9. The van der Waals surface area contributed by atoms with Crippen molar-refractivity contribution in [2.45, 2.75) is 38.5 Å². The molecule has 0 fully saturated rings. The van der Waals surface area contributed by atoms with E-state index in [0.717, 1.165) is 37.9 Å². The van der Waals surface area contributed by atoms with E-state index in [1.807, 2.05) is 12.1 Å². The first-order chi connectivity index (χ1) is 14.5. The molecule has 2 N–H and O–H groups in total. The fourth-order valence-electron chi connectivity index (χ4n) is 2.66. The Morgan fingerprint density at radius 3 is 1.90 bits per heavy atom. The van der Waals surface area contributed by atoms with Crippen LogP contribution in [0.5, 0.6) is 5.75 Å². The minimum Gasteiger partial charge on any atom is -0.494 e. The molecule has 30 heavy (non-hydrogen) atoms. The topological polar surface area (TPSA) is 109 Å². The van der Waals surface area contributed by atoms with Crippen molar-refractivity contribution in [1.29, 1.82) is 0 Å². The van der Waals surface area contributed by atoms with Crippen LogP contribution in [0.1, 0.15) is 48.9 Å².